The normalized spacial score (nSPS) is 18.1. The molecule has 4 rings (SSSR count). The van der Waals surface area contributed by atoms with Gasteiger partial charge in [-0.15, -0.1) is 11.3 Å². The number of aryl methyl sites for hydroxylation is 1. The minimum atomic E-state index is -4.50. The number of nitrogens with two attached hydrogens (primary N) is 1. The third-order valence-electron chi connectivity index (χ3n) is 6.09. The van der Waals surface area contributed by atoms with Crippen LogP contribution in [0.25, 0.3) is 0 Å². The van der Waals surface area contributed by atoms with Crippen LogP contribution in [0.15, 0.2) is 17.3 Å². The smallest absolute Gasteiger partial charge is 0.365 e. The maximum absolute atomic E-state index is 13.5. The summed E-state index contributed by atoms with van der Waals surface area (Å²) in [5.74, 6) is -1.52. The summed E-state index contributed by atoms with van der Waals surface area (Å²) in [6, 6.07) is 0. The van der Waals surface area contributed by atoms with Gasteiger partial charge < -0.3 is 11.1 Å². The summed E-state index contributed by atoms with van der Waals surface area (Å²) >= 11 is 1.28. The Labute approximate surface area is 192 Å². The molecule has 11 heteroatoms. The minimum Gasteiger partial charge on any atom is -0.365 e. The van der Waals surface area contributed by atoms with Crippen LogP contribution in [-0.4, -0.2) is 27.3 Å². The Hall–Kier alpha value is -2.95. The Kier molecular flexibility index (Phi) is 6.17. The molecule has 2 amide bonds. The Morgan fingerprint density at radius 2 is 2.00 bits per heavy atom. The van der Waals surface area contributed by atoms with Gasteiger partial charge in [0.15, 0.2) is 5.69 Å². The minimum absolute atomic E-state index is 0.0935. The summed E-state index contributed by atoms with van der Waals surface area (Å²) in [6.07, 6.45) is 1.30. The topological polar surface area (TPSA) is 102 Å². The molecule has 0 fully saturated rings. The zero-order chi connectivity index (χ0) is 23.9. The fraction of sp³-hybridized carbons (Fsp3) is 0.455. The second-order valence-corrected chi connectivity index (χ2v) is 9.55. The summed E-state index contributed by atoms with van der Waals surface area (Å²) < 4.78 is 41.8. The van der Waals surface area contributed by atoms with Crippen LogP contribution in [0.3, 0.4) is 0 Å². The molecule has 0 saturated carbocycles. The van der Waals surface area contributed by atoms with E-state index in [1.807, 2.05) is 6.92 Å². The predicted octanol–water partition coefficient (Wildman–Crippen LogP) is 4.17. The van der Waals surface area contributed by atoms with E-state index >= 15 is 0 Å². The van der Waals surface area contributed by atoms with E-state index in [0.29, 0.717) is 41.2 Å². The number of anilines is 1. The van der Waals surface area contributed by atoms with Gasteiger partial charge in [-0.2, -0.15) is 18.3 Å². The molecule has 0 radical (unpaired) electrons. The fourth-order valence-electron chi connectivity index (χ4n) is 4.33. The maximum Gasteiger partial charge on any atom is 0.435 e. The summed E-state index contributed by atoms with van der Waals surface area (Å²) in [5, 5.41) is 7.06. The highest BCUT2D eigenvalue weighted by atomic mass is 32.1. The Balaban J connectivity index is 1.50. The number of halogens is 3. The number of aliphatic imine (C=N–C) groups is 1. The first-order valence-electron chi connectivity index (χ1n) is 10.6. The van der Waals surface area contributed by atoms with Crippen LogP contribution in [0.5, 0.6) is 0 Å². The van der Waals surface area contributed by atoms with Crippen molar-refractivity contribution in [3.05, 3.63) is 45.2 Å². The third-order valence-corrected chi connectivity index (χ3v) is 7.22. The van der Waals surface area contributed by atoms with Crippen molar-refractivity contribution < 1.29 is 22.8 Å². The monoisotopic (exact) mass is 479 g/mol. The number of thiophene rings is 1. The van der Waals surface area contributed by atoms with E-state index in [-0.39, 0.29) is 24.4 Å². The van der Waals surface area contributed by atoms with Crippen molar-refractivity contribution in [2.45, 2.75) is 58.7 Å². The lowest BCUT2D eigenvalue weighted by molar-refractivity contribution is -0.142. The summed E-state index contributed by atoms with van der Waals surface area (Å²) in [7, 11) is 0. The lowest BCUT2D eigenvalue weighted by atomic mass is 9.95. The van der Waals surface area contributed by atoms with Gasteiger partial charge in [-0.3, -0.25) is 19.3 Å². The molecule has 3 heterocycles. The second-order valence-electron chi connectivity index (χ2n) is 8.32. The van der Waals surface area contributed by atoms with E-state index in [4.69, 9.17) is 5.73 Å². The van der Waals surface area contributed by atoms with Crippen molar-refractivity contribution in [2.24, 2.45) is 16.6 Å². The molecule has 33 heavy (non-hydrogen) atoms. The van der Waals surface area contributed by atoms with Crippen molar-refractivity contribution in [3.8, 4) is 0 Å². The first-order chi connectivity index (χ1) is 15.6. The SMILES string of the molecule is Cc1sc(NC(=O)C2C=CN=C(Cn3nc(C(F)(F)F)c4c3CCCC4)C2)c(C(N)=O)c1C. The zero-order valence-electron chi connectivity index (χ0n) is 18.3. The van der Waals surface area contributed by atoms with Crippen LogP contribution in [0.1, 0.15) is 57.0 Å². The quantitative estimate of drug-likeness (QED) is 0.673. The molecule has 0 bridgehead atoms. The largest absolute Gasteiger partial charge is 0.435 e. The fourth-order valence-corrected chi connectivity index (χ4v) is 5.40. The maximum atomic E-state index is 13.5. The molecule has 2 aliphatic rings. The van der Waals surface area contributed by atoms with Crippen molar-refractivity contribution >= 4 is 33.9 Å². The molecule has 1 unspecified atom stereocenters. The Morgan fingerprint density at radius 1 is 1.27 bits per heavy atom. The third kappa shape index (κ3) is 4.59. The van der Waals surface area contributed by atoms with E-state index < -0.39 is 23.7 Å². The van der Waals surface area contributed by atoms with Crippen molar-refractivity contribution in [3.63, 3.8) is 0 Å². The number of nitrogens with zero attached hydrogens (tertiary/aromatic N) is 3. The summed E-state index contributed by atoms with van der Waals surface area (Å²) in [6.45, 7) is 3.70. The van der Waals surface area contributed by atoms with E-state index in [9.17, 15) is 22.8 Å². The molecule has 3 N–H and O–H groups in total. The number of primary amides is 1. The van der Waals surface area contributed by atoms with Gasteiger partial charge >= 0.3 is 6.18 Å². The van der Waals surface area contributed by atoms with Gasteiger partial charge in [0.1, 0.15) is 5.00 Å². The molecule has 0 spiro atoms. The molecule has 1 atom stereocenters. The molecule has 2 aromatic heterocycles. The first-order valence-corrected chi connectivity index (χ1v) is 11.5. The Bertz CT molecular complexity index is 1180. The molecule has 0 aromatic carbocycles. The number of alkyl halides is 3. The van der Waals surface area contributed by atoms with Crippen LogP contribution < -0.4 is 11.1 Å². The number of rotatable bonds is 5. The lowest BCUT2D eigenvalue weighted by Crippen LogP contribution is -2.28. The molecular weight excluding hydrogens is 455 g/mol. The standard InChI is InChI=1S/C22H24F3N5O2S/c1-11-12(2)33-21(17(11)19(26)31)28-20(32)13-7-8-27-14(9-13)10-30-16-6-4-3-5-15(16)18(29-30)22(23,24)25/h7-8,13H,3-6,9-10H2,1-2H3,(H2,26,31)(H,28,32). The van der Waals surface area contributed by atoms with Crippen LogP contribution in [0, 0.1) is 19.8 Å². The van der Waals surface area contributed by atoms with Gasteiger partial charge in [0, 0.05) is 34.5 Å². The number of aromatic nitrogens is 2. The number of hydrogen-bond acceptors (Lipinski definition) is 5. The van der Waals surface area contributed by atoms with Crippen LogP contribution in [0.4, 0.5) is 18.2 Å². The van der Waals surface area contributed by atoms with Crippen molar-refractivity contribution in [1.82, 2.24) is 9.78 Å². The van der Waals surface area contributed by atoms with E-state index in [1.54, 1.807) is 13.0 Å². The van der Waals surface area contributed by atoms with E-state index in [1.165, 1.54) is 22.2 Å². The number of nitrogens with one attached hydrogen (secondary N) is 1. The lowest BCUT2D eigenvalue weighted by Gasteiger charge is -2.19. The van der Waals surface area contributed by atoms with E-state index in [2.05, 4.69) is 15.4 Å². The van der Waals surface area contributed by atoms with Gasteiger partial charge in [-0.05, 0) is 45.1 Å². The number of fused-ring (bicyclic) bond motifs is 1. The van der Waals surface area contributed by atoms with Crippen LogP contribution in [-0.2, 0) is 30.4 Å². The van der Waals surface area contributed by atoms with Gasteiger partial charge in [0.2, 0.25) is 5.91 Å². The van der Waals surface area contributed by atoms with E-state index in [0.717, 1.165) is 16.9 Å². The van der Waals surface area contributed by atoms with Gasteiger partial charge in [0.25, 0.3) is 5.91 Å². The molecule has 0 saturated heterocycles. The van der Waals surface area contributed by atoms with Crippen LogP contribution >= 0.6 is 11.3 Å². The molecule has 1 aliphatic heterocycles. The highest BCUT2D eigenvalue weighted by Gasteiger charge is 2.39. The molecule has 2 aromatic rings. The number of carbonyl (C=O) groups excluding carboxylic acids is 2. The molecular formula is C22H24F3N5O2S. The molecule has 176 valence electrons. The molecule has 7 nitrogen and oxygen atoms in total. The van der Waals surface area contributed by atoms with Crippen molar-refractivity contribution in [1.29, 1.82) is 0 Å². The predicted molar refractivity (Wildman–Crippen MR) is 119 cm³/mol. The number of amides is 2. The zero-order valence-corrected chi connectivity index (χ0v) is 19.1. The highest BCUT2D eigenvalue weighted by Crippen LogP contribution is 2.36. The molecule has 1 aliphatic carbocycles. The van der Waals surface area contributed by atoms with Crippen LogP contribution in [0.2, 0.25) is 0 Å². The number of hydrogen-bond donors (Lipinski definition) is 2. The first kappa shape index (κ1) is 23.2. The van der Waals surface area contributed by atoms with Gasteiger partial charge in [0.05, 0.1) is 18.0 Å². The van der Waals surface area contributed by atoms with Gasteiger partial charge in [-0.25, -0.2) is 0 Å². The number of carbonyl (C=O) groups is 2. The average molecular weight is 480 g/mol. The van der Waals surface area contributed by atoms with Crippen molar-refractivity contribution in [2.75, 3.05) is 5.32 Å². The summed E-state index contributed by atoms with van der Waals surface area (Å²) in [5.41, 5.74) is 7.12. The van der Waals surface area contributed by atoms with Gasteiger partial charge in [-0.1, -0.05) is 6.08 Å². The Morgan fingerprint density at radius 3 is 2.70 bits per heavy atom. The second kappa shape index (κ2) is 8.77. The highest BCUT2D eigenvalue weighted by molar-refractivity contribution is 7.16. The average Bonchev–Trinajstić information content (AvgIpc) is 3.25. The summed E-state index contributed by atoms with van der Waals surface area (Å²) in [4.78, 5) is 29.9.